The first-order valence-corrected chi connectivity index (χ1v) is 6.94. The lowest BCUT2D eigenvalue weighted by atomic mass is 10.1. The van der Waals surface area contributed by atoms with Crippen LogP contribution in [0, 0.1) is 4.91 Å². The summed E-state index contributed by atoms with van der Waals surface area (Å²) < 4.78 is 2.48. The molecule has 11 nitrogen and oxygen atoms in total. The van der Waals surface area contributed by atoms with Gasteiger partial charge in [0.15, 0.2) is 0 Å². The zero-order valence-electron chi connectivity index (χ0n) is 11.4. The quantitative estimate of drug-likeness (QED) is 0.216. The normalized spacial score (nSPS) is 12.8. The number of carboxylic acids is 2. The van der Waals surface area contributed by atoms with Crippen LogP contribution in [0.3, 0.4) is 0 Å². The molecule has 0 spiro atoms. The smallest absolute Gasteiger partial charge is 0.322 e. The van der Waals surface area contributed by atoms with Gasteiger partial charge in [-0.3, -0.25) is 19.2 Å². The van der Waals surface area contributed by atoms with Crippen LogP contribution in [0.25, 0.3) is 0 Å². The molecule has 0 saturated carbocycles. The Morgan fingerprint density at radius 1 is 1.23 bits per heavy atom. The summed E-state index contributed by atoms with van der Waals surface area (Å²) in [7, 11) is 0. The molecule has 0 bridgehead atoms. The molecule has 12 heteroatoms. The number of carbonyl (C=O) groups excluding carboxylic acids is 2. The van der Waals surface area contributed by atoms with Gasteiger partial charge < -0.3 is 26.6 Å². The Balaban J connectivity index is 4.46. The fraction of sp³-hybridized carbons (Fsp3) is 0.600. The Morgan fingerprint density at radius 3 is 2.36 bits per heavy atom. The van der Waals surface area contributed by atoms with Gasteiger partial charge in [0.25, 0.3) is 0 Å². The maximum Gasteiger partial charge on any atom is 0.322 e. The van der Waals surface area contributed by atoms with E-state index in [2.05, 4.69) is 15.2 Å². The molecule has 0 fully saturated rings. The maximum absolute atomic E-state index is 11.7. The van der Waals surface area contributed by atoms with Gasteiger partial charge in [0.2, 0.25) is 11.8 Å². The molecule has 6 N–H and O–H groups in total. The molecule has 0 aliphatic carbocycles. The lowest BCUT2D eigenvalue weighted by Crippen LogP contribution is -2.49. The number of carboxylic acid groups (broad SMARTS) is 2. The molecule has 2 amide bonds. The minimum absolute atomic E-state index is 0.135. The van der Waals surface area contributed by atoms with Gasteiger partial charge >= 0.3 is 11.9 Å². The van der Waals surface area contributed by atoms with Crippen molar-refractivity contribution in [2.24, 2.45) is 10.3 Å². The van der Waals surface area contributed by atoms with Crippen LogP contribution < -0.4 is 16.4 Å². The average molecular weight is 336 g/mol. The number of hydrogen-bond donors (Lipinski definition) is 5. The number of nitroso groups, excluding NO2 is 1. The van der Waals surface area contributed by atoms with Crippen LogP contribution >= 0.6 is 11.9 Å². The van der Waals surface area contributed by atoms with Crippen molar-refractivity contribution in [2.75, 3.05) is 12.3 Å². The molecule has 0 aliphatic rings. The Bertz CT molecular complexity index is 445. The van der Waals surface area contributed by atoms with Gasteiger partial charge in [-0.2, -0.15) is 0 Å². The first-order chi connectivity index (χ1) is 10.3. The van der Waals surface area contributed by atoms with E-state index in [9.17, 15) is 24.1 Å². The van der Waals surface area contributed by atoms with E-state index in [4.69, 9.17) is 15.9 Å². The van der Waals surface area contributed by atoms with Crippen molar-refractivity contribution in [1.29, 1.82) is 0 Å². The number of nitrogens with two attached hydrogens (primary N) is 1. The standard InChI is InChI=1S/C10H16N4O7S/c11-5(10(19)20)1-2-7(15)13-6(4-22-14-21)9(18)12-3-8(16)17/h5-6H,1-4,11H2,(H,12,18)(H,13,15)(H,16,17)(H,19,20)/t5-,6?/m0/s1. The van der Waals surface area contributed by atoms with Gasteiger partial charge in [-0.05, 0) is 6.42 Å². The lowest BCUT2D eigenvalue weighted by molar-refractivity contribution is -0.139. The first kappa shape index (κ1) is 19.8. The fourth-order valence-electron chi connectivity index (χ4n) is 1.25. The summed E-state index contributed by atoms with van der Waals surface area (Å²) in [5.41, 5.74) is 5.23. The lowest BCUT2D eigenvalue weighted by Gasteiger charge is -2.16. The van der Waals surface area contributed by atoms with Gasteiger partial charge in [0, 0.05) is 28.7 Å². The van der Waals surface area contributed by atoms with Crippen LogP contribution in [0.5, 0.6) is 0 Å². The molecule has 0 saturated heterocycles. The molecule has 0 rings (SSSR count). The zero-order chi connectivity index (χ0) is 17.1. The molecule has 0 aromatic rings. The molecule has 0 aromatic carbocycles. The van der Waals surface area contributed by atoms with E-state index in [1.165, 1.54) is 0 Å². The molecule has 0 aliphatic heterocycles. The highest BCUT2D eigenvalue weighted by atomic mass is 32.2. The molecule has 2 atom stereocenters. The Hall–Kier alpha value is -2.21. The third-order valence-electron chi connectivity index (χ3n) is 2.36. The van der Waals surface area contributed by atoms with E-state index in [1.54, 1.807) is 0 Å². The summed E-state index contributed by atoms with van der Waals surface area (Å²) in [6.45, 7) is -0.645. The highest BCUT2D eigenvalue weighted by molar-refractivity contribution is 7.97. The average Bonchev–Trinajstić information content (AvgIpc) is 2.46. The number of amides is 2. The molecule has 22 heavy (non-hydrogen) atoms. The second-order valence-electron chi connectivity index (χ2n) is 4.09. The van der Waals surface area contributed by atoms with Crippen molar-refractivity contribution in [3.05, 3.63) is 4.91 Å². The van der Waals surface area contributed by atoms with Crippen LogP contribution in [-0.4, -0.2) is 58.3 Å². The summed E-state index contributed by atoms with van der Waals surface area (Å²) in [5.74, 6) is -4.17. The third-order valence-corrected chi connectivity index (χ3v) is 2.95. The number of aliphatic carboxylic acids is 2. The molecule has 0 radical (unpaired) electrons. The minimum Gasteiger partial charge on any atom is -0.480 e. The van der Waals surface area contributed by atoms with Crippen molar-refractivity contribution in [1.82, 2.24) is 10.6 Å². The predicted molar refractivity (Wildman–Crippen MR) is 75.7 cm³/mol. The van der Waals surface area contributed by atoms with E-state index in [0.717, 1.165) is 0 Å². The first-order valence-electron chi connectivity index (χ1n) is 5.99. The van der Waals surface area contributed by atoms with Crippen molar-refractivity contribution < 1.29 is 29.4 Å². The van der Waals surface area contributed by atoms with Crippen LogP contribution in [0.4, 0.5) is 0 Å². The van der Waals surface area contributed by atoms with Crippen molar-refractivity contribution in [2.45, 2.75) is 24.9 Å². The van der Waals surface area contributed by atoms with E-state index >= 15 is 0 Å². The van der Waals surface area contributed by atoms with Gasteiger partial charge in [-0.15, -0.1) is 4.91 Å². The van der Waals surface area contributed by atoms with Crippen molar-refractivity contribution in [3.63, 3.8) is 0 Å². The number of nitrogens with zero attached hydrogens (tertiary/aromatic N) is 1. The fourth-order valence-corrected chi connectivity index (χ4v) is 1.70. The molecule has 1 unspecified atom stereocenters. The third kappa shape index (κ3) is 8.86. The topological polar surface area (TPSA) is 188 Å². The second-order valence-corrected chi connectivity index (χ2v) is 4.83. The summed E-state index contributed by atoms with van der Waals surface area (Å²) in [6, 6.07) is -2.38. The summed E-state index contributed by atoms with van der Waals surface area (Å²) in [6.07, 6.45) is -0.376. The Kier molecular flexibility index (Phi) is 9.45. The number of carbonyl (C=O) groups is 4. The van der Waals surface area contributed by atoms with Crippen molar-refractivity contribution >= 4 is 35.7 Å². The SMILES string of the molecule is N[C@@H](CCC(=O)NC(CSN=O)C(=O)NCC(=O)O)C(=O)O. The molecule has 0 heterocycles. The van der Waals surface area contributed by atoms with Gasteiger partial charge in [-0.25, -0.2) is 0 Å². The van der Waals surface area contributed by atoms with Crippen molar-refractivity contribution in [3.8, 4) is 0 Å². The van der Waals surface area contributed by atoms with E-state index in [1.807, 2.05) is 0 Å². The van der Waals surface area contributed by atoms with E-state index in [-0.39, 0.29) is 18.6 Å². The van der Waals surface area contributed by atoms with E-state index < -0.39 is 42.4 Å². The number of nitrogens with one attached hydrogen (secondary N) is 2. The molecule has 0 aromatic heterocycles. The maximum atomic E-state index is 11.7. The van der Waals surface area contributed by atoms with Gasteiger partial charge in [0.05, 0.1) is 0 Å². The van der Waals surface area contributed by atoms with E-state index in [0.29, 0.717) is 11.9 Å². The minimum atomic E-state index is -1.27. The van der Waals surface area contributed by atoms with Crippen LogP contribution in [-0.2, 0) is 19.2 Å². The number of rotatable bonds is 11. The summed E-state index contributed by atoms with van der Waals surface area (Å²) in [4.78, 5) is 54.2. The van der Waals surface area contributed by atoms with Gasteiger partial charge in [-0.1, -0.05) is 0 Å². The number of hydrogen-bond acceptors (Lipinski definition) is 8. The molecular weight excluding hydrogens is 320 g/mol. The summed E-state index contributed by atoms with van der Waals surface area (Å²) in [5, 5.41) is 21.3. The molecular formula is C10H16N4O7S. The predicted octanol–water partition coefficient (Wildman–Crippen LogP) is -1.72. The summed E-state index contributed by atoms with van der Waals surface area (Å²) >= 11 is 0.478. The second kappa shape index (κ2) is 10.5. The Labute approximate surface area is 129 Å². The monoisotopic (exact) mass is 336 g/mol. The highest BCUT2D eigenvalue weighted by Crippen LogP contribution is 2.05. The van der Waals surface area contributed by atoms with Crippen LogP contribution in [0.15, 0.2) is 4.58 Å². The van der Waals surface area contributed by atoms with Crippen LogP contribution in [0.1, 0.15) is 12.8 Å². The zero-order valence-corrected chi connectivity index (χ0v) is 12.2. The highest BCUT2D eigenvalue weighted by Gasteiger charge is 2.22. The Morgan fingerprint density at radius 2 is 1.86 bits per heavy atom. The largest absolute Gasteiger partial charge is 0.480 e. The van der Waals surface area contributed by atoms with Gasteiger partial charge in [0.1, 0.15) is 18.6 Å². The molecule has 124 valence electrons. The van der Waals surface area contributed by atoms with Crippen LogP contribution in [0.2, 0.25) is 0 Å².